The molecule has 27 heavy (non-hydrogen) atoms. The summed E-state index contributed by atoms with van der Waals surface area (Å²) in [5.74, 6) is -0.203. The first-order chi connectivity index (χ1) is 13.2. The zero-order valence-corrected chi connectivity index (χ0v) is 14.8. The smallest absolute Gasteiger partial charge is 0.260 e. The number of carbonyl (C=O) groups is 2. The van der Waals surface area contributed by atoms with Crippen molar-refractivity contribution in [2.45, 2.75) is 11.8 Å². The van der Waals surface area contributed by atoms with E-state index in [9.17, 15) is 9.59 Å². The first kappa shape index (κ1) is 16.0. The molecule has 2 amide bonds. The van der Waals surface area contributed by atoms with E-state index < -0.39 is 5.92 Å². The molecule has 0 spiro atoms. The normalized spacial score (nSPS) is 19.6. The molecule has 0 radical (unpaired) electrons. The molecule has 5 rings (SSSR count). The molecule has 0 bridgehead atoms. The summed E-state index contributed by atoms with van der Waals surface area (Å²) in [6.07, 6.45) is 4.82. The number of thiazole rings is 1. The fraction of sp³-hybridized carbons (Fsp3) is 0.222. The van der Waals surface area contributed by atoms with Gasteiger partial charge in [-0.25, -0.2) is 9.98 Å². The molecule has 2 aliphatic heterocycles. The standard InChI is InChI=1S/C18H13N5O3S/c24-16-12(2-1-5-19-16)15-21-17(26-22-15)11-7-23(8-11)18(25)10-3-4-13-14(6-10)27-9-20-13/h1-6,9,11-12H,7-8H2. The van der Waals surface area contributed by atoms with Crippen LogP contribution in [0.25, 0.3) is 10.2 Å². The number of rotatable bonds is 3. The van der Waals surface area contributed by atoms with Gasteiger partial charge in [0.1, 0.15) is 5.92 Å². The first-order valence-electron chi connectivity index (χ1n) is 8.40. The molecule has 0 aliphatic carbocycles. The van der Waals surface area contributed by atoms with Gasteiger partial charge < -0.3 is 9.42 Å². The first-order valence-corrected chi connectivity index (χ1v) is 9.28. The predicted octanol–water partition coefficient (Wildman–Crippen LogP) is 2.17. The largest absolute Gasteiger partial charge is 0.339 e. The summed E-state index contributed by atoms with van der Waals surface area (Å²) in [7, 11) is 0. The average Bonchev–Trinajstić information content (AvgIpc) is 3.29. The molecule has 1 fully saturated rings. The van der Waals surface area contributed by atoms with Gasteiger partial charge in [-0.15, -0.1) is 11.3 Å². The lowest BCUT2D eigenvalue weighted by Crippen LogP contribution is -2.48. The van der Waals surface area contributed by atoms with Gasteiger partial charge in [0, 0.05) is 24.9 Å². The summed E-state index contributed by atoms with van der Waals surface area (Å²) >= 11 is 1.51. The van der Waals surface area contributed by atoms with Crippen LogP contribution in [0.5, 0.6) is 0 Å². The van der Waals surface area contributed by atoms with Crippen LogP contribution in [0, 0.1) is 0 Å². The summed E-state index contributed by atoms with van der Waals surface area (Å²) in [4.78, 5) is 38.5. The van der Waals surface area contributed by atoms with E-state index in [1.807, 2.05) is 12.1 Å². The Kier molecular flexibility index (Phi) is 3.68. The zero-order valence-electron chi connectivity index (χ0n) is 14.0. The van der Waals surface area contributed by atoms with E-state index in [2.05, 4.69) is 20.1 Å². The second-order valence-corrected chi connectivity index (χ2v) is 7.30. The molecule has 134 valence electrons. The molecule has 8 nitrogen and oxygen atoms in total. The zero-order chi connectivity index (χ0) is 18.4. The molecular weight excluding hydrogens is 366 g/mol. The number of carbonyl (C=O) groups excluding carboxylic acids is 2. The maximum Gasteiger partial charge on any atom is 0.260 e. The minimum absolute atomic E-state index is 0.0199. The Morgan fingerprint density at radius 2 is 2.19 bits per heavy atom. The lowest BCUT2D eigenvalue weighted by atomic mass is 9.98. The lowest BCUT2D eigenvalue weighted by Gasteiger charge is -2.37. The lowest BCUT2D eigenvalue weighted by molar-refractivity contribution is -0.118. The molecule has 2 aromatic heterocycles. The average molecular weight is 379 g/mol. The van der Waals surface area contributed by atoms with Gasteiger partial charge in [-0.05, 0) is 24.3 Å². The highest BCUT2D eigenvalue weighted by molar-refractivity contribution is 7.16. The van der Waals surface area contributed by atoms with E-state index in [1.54, 1.807) is 28.6 Å². The number of likely N-dealkylation sites (tertiary alicyclic amines) is 1. The molecule has 1 saturated heterocycles. The van der Waals surface area contributed by atoms with Crippen molar-refractivity contribution in [1.29, 1.82) is 0 Å². The number of allylic oxidation sites excluding steroid dienone is 1. The summed E-state index contributed by atoms with van der Waals surface area (Å²) in [6, 6.07) is 5.52. The number of fused-ring (bicyclic) bond motifs is 1. The van der Waals surface area contributed by atoms with Gasteiger partial charge in [0.05, 0.1) is 21.6 Å². The van der Waals surface area contributed by atoms with Crippen molar-refractivity contribution in [2.75, 3.05) is 13.1 Å². The second kappa shape index (κ2) is 6.20. The quantitative estimate of drug-likeness (QED) is 0.691. The van der Waals surface area contributed by atoms with Crippen LogP contribution in [0.15, 0.2) is 45.4 Å². The number of aromatic nitrogens is 3. The van der Waals surface area contributed by atoms with Crippen LogP contribution in [0.2, 0.25) is 0 Å². The Balaban J connectivity index is 1.26. The molecule has 4 heterocycles. The minimum atomic E-state index is -0.601. The third-order valence-corrected chi connectivity index (χ3v) is 5.48. The van der Waals surface area contributed by atoms with E-state index in [4.69, 9.17) is 4.52 Å². The van der Waals surface area contributed by atoms with Crippen molar-refractivity contribution in [3.63, 3.8) is 0 Å². The topological polar surface area (TPSA) is 102 Å². The maximum atomic E-state index is 12.6. The molecule has 9 heteroatoms. The third-order valence-electron chi connectivity index (χ3n) is 4.69. The Labute approximate surface area is 157 Å². The SMILES string of the molecule is O=C1N=CC=CC1c1noc(C2CN(C(=O)c3ccc4ncsc4c3)C2)n1. The van der Waals surface area contributed by atoms with E-state index in [0.29, 0.717) is 30.4 Å². The third kappa shape index (κ3) is 2.76. The van der Waals surface area contributed by atoms with Gasteiger partial charge in [0.15, 0.2) is 5.82 Å². The number of hydrogen-bond acceptors (Lipinski definition) is 7. The monoisotopic (exact) mass is 379 g/mol. The molecule has 0 N–H and O–H groups in total. The minimum Gasteiger partial charge on any atom is -0.339 e. The number of dihydropyridines is 1. The predicted molar refractivity (Wildman–Crippen MR) is 97.9 cm³/mol. The summed E-state index contributed by atoms with van der Waals surface area (Å²) < 4.78 is 6.30. The van der Waals surface area contributed by atoms with Crippen molar-refractivity contribution in [1.82, 2.24) is 20.0 Å². The van der Waals surface area contributed by atoms with Gasteiger partial charge in [-0.1, -0.05) is 11.2 Å². The van der Waals surface area contributed by atoms with Crippen LogP contribution in [0.4, 0.5) is 0 Å². The van der Waals surface area contributed by atoms with Crippen molar-refractivity contribution in [2.24, 2.45) is 4.99 Å². The fourth-order valence-electron chi connectivity index (χ4n) is 3.15. The summed E-state index contributed by atoms with van der Waals surface area (Å²) in [5, 5.41) is 3.91. The van der Waals surface area contributed by atoms with E-state index in [0.717, 1.165) is 10.2 Å². The number of nitrogens with zero attached hydrogens (tertiary/aromatic N) is 5. The van der Waals surface area contributed by atoms with E-state index in [-0.39, 0.29) is 17.7 Å². The highest BCUT2D eigenvalue weighted by Crippen LogP contribution is 2.29. The Morgan fingerprint density at radius 1 is 1.30 bits per heavy atom. The van der Waals surface area contributed by atoms with E-state index in [1.165, 1.54) is 17.6 Å². The van der Waals surface area contributed by atoms with Gasteiger partial charge in [-0.2, -0.15) is 4.98 Å². The molecule has 1 unspecified atom stereocenters. The van der Waals surface area contributed by atoms with Crippen molar-refractivity contribution in [3.8, 4) is 0 Å². The molecule has 2 aliphatic rings. The number of benzene rings is 1. The Bertz CT molecular complexity index is 1110. The summed E-state index contributed by atoms with van der Waals surface area (Å²) in [6.45, 7) is 1.02. The van der Waals surface area contributed by atoms with Gasteiger partial charge >= 0.3 is 0 Å². The number of hydrogen-bond donors (Lipinski definition) is 0. The van der Waals surface area contributed by atoms with Crippen LogP contribution in [0.1, 0.15) is 33.9 Å². The van der Waals surface area contributed by atoms with Crippen molar-refractivity contribution >= 4 is 39.6 Å². The van der Waals surface area contributed by atoms with Crippen molar-refractivity contribution < 1.29 is 14.1 Å². The molecule has 1 aromatic carbocycles. The van der Waals surface area contributed by atoms with Crippen LogP contribution < -0.4 is 0 Å². The van der Waals surface area contributed by atoms with Gasteiger partial charge in [0.25, 0.3) is 11.8 Å². The molecule has 0 saturated carbocycles. The van der Waals surface area contributed by atoms with Crippen LogP contribution >= 0.6 is 11.3 Å². The number of amides is 2. The van der Waals surface area contributed by atoms with E-state index >= 15 is 0 Å². The number of aliphatic imine (C=N–C) groups is 1. The highest BCUT2D eigenvalue weighted by atomic mass is 32.1. The van der Waals surface area contributed by atoms with Gasteiger partial charge in [0.2, 0.25) is 5.89 Å². The maximum absolute atomic E-state index is 12.6. The van der Waals surface area contributed by atoms with Crippen LogP contribution in [0.3, 0.4) is 0 Å². The highest BCUT2D eigenvalue weighted by Gasteiger charge is 2.37. The fourth-order valence-corrected chi connectivity index (χ4v) is 3.86. The molecule has 3 aromatic rings. The molecule has 1 atom stereocenters. The van der Waals surface area contributed by atoms with Gasteiger partial charge in [-0.3, -0.25) is 9.59 Å². The van der Waals surface area contributed by atoms with Crippen LogP contribution in [-0.4, -0.2) is 51.1 Å². The summed E-state index contributed by atoms with van der Waals surface area (Å²) in [5.41, 5.74) is 3.31. The molecular formula is C18H13N5O3S. The second-order valence-electron chi connectivity index (χ2n) is 6.41. The van der Waals surface area contributed by atoms with Crippen LogP contribution in [-0.2, 0) is 4.79 Å². The Morgan fingerprint density at radius 3 is 3.04 bits per heavy atom. The van der Waals surface area contributed by atoms with Crippen molar-refractivity contribution in [3.05, 3.63) is 53.1 Å². The Hall–Kier alpha value is -3.20.